The fourth-order valence-corrected chi connectivity index (χ4v) is 0. The van der Waals surface area contributed by atoms with Gasteiger partial charge < -0.3 is 10.3 Å². The molecule has 0 atom stereocenters. The molecule has 10 heavy (non-hydrogen) atoms. The summed E-state index contributed by atoms with van der Waals surface area (Å²) in [4.78, 5) is 18.1. The number of carboxylic acid groups (broad SMARTS) is 1. The fraction of sp³-hybridized carbons (Fsp3) is 0.800. The minimum Gasteiger partial charge on any atom is -0.481 e. The molecule has 5 nitrogen and oxygen atoms in total. The molecule has 0 aromatic rings. The first-order chi connectivity index (χ1) is 4.36. The number of carboxylic acids is 1. The lowest BCUT2D eigenvalue weighted by Crippen LogP contribution is -2.18. The quantitative estimate of drug-likeness (QED) is 0.401. The molecule has 0 aromatic carbocycles. The van der Waals surface area contributed by atoms with E-state index in [0.717, 1.165) is 0 Å². The zero-order valence-electron chi connectivity index (χ0n) is 6.16. The van der Waals surface area contributed by atoms with Crippen molar-refractivity contribution < 1.29 is 15.1 Å². The predicted octanol–water partition coefficient (Wildman–Crippen LogP) is 1.26. The number of nitrogens with zero attached hydrogens (tertiary/aromatic N) is 1. The molecule has 0 amide bonds. The van der Waals surface area contributed by atoms with Crippen LogP contribution in [0.1, 0.15) is 20.8 Å². The largest absolute Gasteiger partial charge is 0.481 e. The van der Waals surface area contributed by atoms with E-state index >= 15 is 0 Å². The lowest BCUT2D eigenvalue weighted by atomic mass is 9.98. The monoisotopic (exact) mass is 149 g/mol. The van der Waals surface area contributed by atoms with E-state index < -0.39 is 11.4 Å². The number of carbonyl (C=O) groups is 1. The van der Waals surface area contributed by atoms with Gasteiger partial charge in [-0.05, 0) is 20.8 Å². The SMILES string of the molecule is CC(C)(C)C(=O)O.O=NO. The lowest BCUT2D eigenvalue weighted by Gasteiger charge is -2.08. The van der Waals surface area contributed by atoms with Gasteiger partial charge in [-0.25, -0.2) is 0 Å². The molecule has 60 valence electrons. The molecule has 0 aromatic heterocycles. The Bertz CT molecular complexity index is 115. The van der Waals surface area contributed by atoms with Crippen LogP contribution in [0.15, 0.2) is 5.34 Å². The molecular weight excluding hydrogens is 138 g/mol. The third kappa shape index (κ3) is 9.98. The topological polar surface area (TPSA) is 87.0 Å². The van der Waals surface area contributed by atoms with E-state index in [1.165, 1.54) is 5.34 Å². The molecule has 0 spiro atoms. The van der Waals surface area contributed by atoms with Crippen molar-refractivity contribution in [3.8, 4) is 0 Å². The van der Waals surface area contributed by atoms with E-state index in [0.29, 0.717) is 0 Å². The second-order valence-corrected chi connectivity index (χ2v) is 2.64. The van der Waals surface area contributed by atoms with Crippen LogP contribution in [-0.2, 0) is 4.79 Å². The summed E-state index contributed by atoms with van der Waals surface area (Å²) in [6.07, 6.45) is 0. The molecule has 0 fully saturated rings. The molecular formula is C5H11NO4. The molecule has 0 unspecified atom stereocenters. The molecule has 0 rings (SSSR count). The third-order valence-electron chi connectivity index (χ3n) is 0.642. The molecule has 0 aliphatic carbocycles. The van der Waals surface area contributed by atoms with Crippen molar-refractivity contribution in [3.63, 3.8) is 0 Å². The van der Waals surface area contributed by atoms with Crippen molar-refractivity contribution in [1.82, 2.24) is 0 Å². The second kappa shape index (κ2) is 4.72. The highest BCUT2D eigenvalue weighted by Gasteiger charge is 2.18. The molecule has 5 heteroatoms. The van der Waals surface area contributed by atoms with Gasteiger partial charge in [0.1, 0.15) is 0 Å². The van der Waals surface area contributed by atoms with Crippen LogP contribution in [0, 0.1) is 10.3 Å². The zero-order valence-corrected chi connectivity index (χ0v) is 6.16. The van der Waals surface area contributed by atoms with Crippen LogP contribution >= 0.6 is 0 Å². The van der Waals surface area contributed by atoms with E-state index in [-0.39, 0.29) is 0 Å². The highest BCUT2D eigenvalue weighted by molar-refractivity contribution is 5.72. The van der Waals surface area contributed by atoms with Gasteiger partial charge in [0.25, 0.3) is 0 Å². The number of rotatable bonds is 0. The summed E-state index contributed by atoms with van der Waals surface area (Å²) in [6.45, 7) is 4.99. The van der Waals surface area contributed by atoms with Gasteiger partial charge in [-0.15, -0.1) is 4.91 Å². The Morgan fingerprint density at radius 1 is 1.40 bits per heavy atom. The molecule has 0 saturated carbocycles. The highest BCUT2D eigenvalue weighted by atomic mass is 16.6. The number of hydrogen-bond donors (Lipinski definition) is 2. The average Bonchev–Trinajstić information content (AvgIpc) is 1.64. The second-order valence-electron chi connectivity index (χ2n) is 2.64. The van der Waals surface area contributed by atoms with Gasteiger partial charge in [0.05, 0.1) is 5.41 Å². The Labute approximate surface area is 58.6 Å². The Morgan fingerprint density at radius 3 is 1.50 bits per heavy atom. The Balaban J connectivity index is 0. The summed E-state index contributed by atoms with van der Waals surface area (Å²) < 4.78 is 0. The first kappa shape index (κ1) is 11.6. The van der Waals surface area contributed by atoms with Gasteiger partial charge in [0, 0.05) is 0 Å². The van der Waals surface area contributed by atoms with Crippen molar-refractivity contribution in [3.05, 3.63) is 4.91 Å². The van der Waals surface area contributed by atoms with E-state index in [1.807, 2.05) is 0 Å². The van der Waals surface area contributed by atoms with Crippen molar-refractivity contribution >= 4 is 5.97 Å². The van der Waals surface area contributed by atoms with Gasteiger partial charge >= 0.3 is 5.97 Å². The predicted molar refractivity (Wildman–Crippen MR) is 34.7 cm³/mol. The van der Waals surface area contributed by atoms with Gasteiger partial charge in [-0.3, -0.25) is 4.79 Å². The Hall–Kier alpha value is -1.13. The van der Waals surface area contributed by atoms with Crippen LogP contribution in [0.2, 0.25) is 0 Å². The Kier molecular flexibility index (Phi) is 5.50. The smallest absolute Gasteiger partial charge is 0.308 e. The first-order valence-corrected chi connectivity index (χ1v) is 2.56. The number of aliphatic carboxylic acids is 1. The minimum absolute atomic E-state index is 0.583. The molecule has 0 saturated heterocycles. The van der Waals surface area contributed by atoms with Crippen LogP contribution in [0.5, 0.6) is 0 Å². The van der Waals surface area contributed by atoms with Crippen molar-refractivity contribution in [2.75, 3.05) is 0 Å². The molecule has 0 aliphatic rings. The molecule has 0 aliphatic heterocycles. The Morgan fingerprint density at radius 2 is 1.50 bits per heavy atom. The van der Waals surface area contributed by atoms with Crippen LogP contribution in [0.3, 0.4) is 0 Å². The van der Waals surface area contributed by atoms with E-state index in [2.05, 4.69) is 0 Å². The van der Waals surface area contributed by atoms with Crippen molar-refractivity contribution in [1.29, 1.82) is 0 Å². The summed E-state index contributed by atoms with van der Waals surface area (Å²) in [5.74, 6) is -0.757. The summed E-state index contributed by atoms with van der Waals surface area (Å²) in [6, 6.07) is 0. The van der Waals surface area contributed by atoms with E-state index in [9.17, 15) is 4.79 Å². The summed E-state index contributed by atoms with van der Waals surface area (Å²) >= 11 is 0. The van der Waals surface area contributed by atoms with Crippen LogP contribution in [0.4, 0.5) is 0 Å². The molecule has 0 heterocycles. The van der Waals surface area contributed by atoms with Crippen molar-refractivity contribution in [2.24, 2.45) is 10.8 Å². The van der Waals surface area contributed by atoms with Crippen molar-refractivity contribution in [2.45, 2.75) is 20.8 Å². The zero-order chi connectivity index (χ0) is 8.78. The van der Waals surface area contributed by atoms with E-state index in [4.69, 9.17) is 15.2 Å². The number of hydrogen-bond acceptors (Lipinski definition) is 3. The molecule has 0 radical (unpaired) electrons. The maximum Gasteiger partial charge on any atom is 0.308 e. The summed E-state index contributed by atoms with van der Waals surface area (Å²) in [7, 11) is 0. The van der Waals surface area contributed by atoms with Gasteiger partial charge in [-0.2, -0.15) is 0 Å². The first-order valence-electron chi connectivity index (χ1n) is 2.56. The maximum absolute atomic E-state index is 10.0. The molecule has 0 bridgehead atoms. The standard InChI is InChI=1S/C5H10O2.HNO2/c1-5(2,3)4(6)7;2-1-3/h1-3H3,(H,6,7);(H,2,3). The summed E-state index contributed by atoms with van der Waals surface area (Å²) in [5, 5.41) is 16.1. The minimum atomic E-state index is -0.757. The lowest BCUT2D eigenvalue weighted by molar-refractivity contribution is -0.145. The highest BCUT2D eigenvalue weighted by Crippen LogP contribution is 2.11. The third-order valence-corrected chi connectivity index (χ3v) is 0.642. The van der Waals surface area contributed by atoms with Crippen LogP contribution in [-0.4, -0.2) is 16.3 Å². The van der Waals surface area contributed by atoms with Crippen LogP contribution in [0.25, 0.3) is 0 Å². The van der Waals surface area contributed by atoms with Gasteiger partial charge in [-0.1, -0.05) is 0 Å². The normalized spacial score (nSPS) is 9.10. The molecule has 2 N–H and O–H groups in total. The maximum atomic E-state index is 10.0. The van der Waals surface area contributed by atoms with Gasteiger partial charge in [0.2, 0.25) is 0 Å². The van der Waals surface area contributed by atoms with Gasteiger partial charge in [0.15, 0.2) is 5.34 Å². The van der Waals surface area contributed by atoms with Crippen LogP contribution < -0.4 is 0 Å². The average molecular weight is 149 g/mol. The van der Waals surface area contributed by atoms with E-state index in [1.54, 1.807) is 20.8 Å². The fourth-order valence-electron chi connectivity index (χ4n) is 0. The summed E-state index contributed by atoms with van der Waals surface area (Å²) in [5.41, 5.74) is -0.583.